The van der Waals surface area contributed by atoms with Gasteiger partial charge in [0.2, 0.25) is 0 Å². The molecule has 0 aromatic heterocycles. The lowest BCUT2D eigenvalue weighted by Crippen LogP contribution is -2.32. The fraction of sp³-hybridized carbons (Fsp3) is 0.714. The first-order chi connectivity index (χ1) is 12.6. The fourth-order valence-electron chi connectivity index (χ4n) is 2.76. The van der Waals surface area contributed by atoms with E-state index < -0.39 is 11.6 Å². The van der Waals surface area contributed by atoms with E-state index in [0.717, 1.165) is 19.3 Å². The SMILES string of the molecule is COC(C)(C)OC1C=C(C=CCCCCC(=O)CC(C)(OC)OC)C(=O)C1. The van der Waals surface area contributed by atoms with Gasteiger partial charge in [0.15, 0.2) is 17.4 Å². The first-order valence-electron chi connectivity index (χ1n) is 9.41. The quantitative estimate of drug-likeness (QED) is 0.357. The molecule has 1 aliphatic rings. The minimum absolute atomic E-state index is 0.0803. The van der Waals surface area contributed by atoms with E-state index in [0.29, 0.717) is 18.4 Å². The second kappa shape index (κ2) is 10.9. The van der Waals surface area contributed by atoms with E-state index in [2.05, 4.69) is 0 Å². The molecule has 154 valence electrons. The first-order valence-corrected chi connectivity index (χ1v) is 9.41. The van der Waals surface area contributed by atoms with Crippen molar-refractivity contribution >= 4 is 11.6 Å². The van der Waals surface area contributed by atoms with E-state index in [1.165, 1.54) is 14.2 Å². The summed E-state index contributed by atoms with van der Waals surface area (Å²) in [6.07, 6.45) is 9.02. The van der Waals surface area contributed by atoms with E-state index in [-0.39, 0.29) is 24.1 Å². The van der Waals surface area contributed by atoms with Gasteiger partial charge in [-0.3, -0.25) is 9.59 Å². The molecule has 0 bridgehead atoms. The highest BCUT2D eigenvalue weighted by Gasteiger charge is 2.29. The molecule has 0 radical (unpaired) electrons. The Kier molecular flexibility index (Phi) is 9.53. The number of allylic oxidation sites excluding steroid dienone is 3. The van der Waals surface area contributed by atoms with Crippen LogP contribution in [-0.2, 0) is 28.5 Å². The fourth-order valence-corrected chi connectivity index (χ4v) is 2.76. The summed E-state index contributed by atoms with van der Waals surface area (Å²) in [6.45, 7) is 5.40. The molecule has 27 heavy (non-hydrogen) atoms. The highest BCUT2D eigenvalue weighted by atomic mass is 16.7. The van der Waals surface area contributed by atoms with Crippen molar-refractivity contribution in [3.63, 3.8) is 0 Å². The van der Waals surface area contributed by atoms with Crippen molar-refractivity contribution in [2.45, 2.75) is 77.0 Å². The van der Waals surface area contributed by atoms with Crippen LogP contribution in [0, 0.1) is 0 Å². The number of ketones is 2. The molecule has 0 saturated carbocycles. The van der Waals surface area contributed by atoms with Gasteiger partial charge in [0.25, 0.3) is 0 Å². The Morgan fingerprint density at radius 1 is 1.15 bits per heavy atom. The molecule has 0 spiro atoms. The summed E-state index contributed by atoms with van der Waals surface area (Å²) < 4.78 is 21.4. The van der Waals surface area contributed by atoms with Gasteiger partial charge in [-0.2, -0.15) is 0 Å². The maximum atomic E-state index is 12.0. The number of methoxy groups -OCH3 is 3. The highest BCUT2D eigenvalue weighted by Crippen LogP contribution is 2.24. The molecule has 6 heteroatoms. The van der Waals surface area contributed by atoms with Crippen LogP contribution >= 0.6 is 0 Å². The van der Waals surface area contributed by atoms with Gasteiger partial charge in [0.1, 0.15) is 5.78 Å². The Labute approximate surface area is 162 Å². The summed E-state index contributed by atoms with van der Waals surface area (Å²) in [5.41, 5.74) is 0.680. The summed E-state index contributed by atoms with van der Waals surface area (Å²) in [4.78, 5) is 24.0. The van der Waals surface area contributed by atoms with Crippen LogP contribution in [0.3, 0.4) is 0 Å². The van der Waals surface area contributed by atoms with Crippen LogP contribution in [0.1, 0.15) is 59.3 Å². The summed E-state index contributed by atoms with van der Waals surface area (Å²) in [6, 6.07) is 0. The topological polar surface area (TPSA) is 71.1 Å². The minimum atomic E-state index is -0.845. The van der Waals surface area contributed by atoms with Crippen LogP contribution in [0.25, 0.3) is 0 Å². The standard InChI is InChI=1S/C21H34O6/c1-20(2,24-4)27-18-13-16(19(23)14-18)11-9-7-8-10-12-17(22)15-21(3,25-5)26-6/h9,11,13,18H,7-8,10,12,14-15H2,1-6H3. The van der Waals surface area contributed by atoms with Crippen molar-refractivity contribution in [2.24, 2.45) is 0 Å². The molecule has 0 amide bonds. The van der Waals surface area contributed by atoms with E-state index in [9.17, 15) is 9.59 Å². The Morgan fingerprint density at radius 2 is 1.81 bits per heavy atom. The molecular weight excluding hydrogens is 348 g/mol. The lowest BCUT2D eigenvalue weighted by atomic mass is 10.0. The predicted octanol–water partition coefficient (Wildman–Crippen LogP) is 3.74. The van der Waals surface area contributed by atoms with Gasteiger partial charge in [0.05, 0.1) is 12.5 Å². The largest absolute Gasteiger partial charge is 0.354 e. The minimum Gasteiger partial charge on any atom is -0.354 e. The molecule has 1 unspecified atom stereocenters. The molecule has 0 aromatic carbocycles. The van der Waals surface area contributed by atoms with Gasteiger partial charge < -0.3 is 18.9 Å². The maximum Gasteiger partial charge on any atom is 0.171 e. The number of ether oxygens (including phenoxy) is 4. The summed E-state index contributed by atoms with van der Waals surface area (Å²) in [5, 5.41) is 0. The number of Topliss-reactive ketones (excluding diaryl/α,β-unsaturated/α-hetero) is 2. The monoisotopic (exact) mass is 382 g/mol. The van der Waals surface area contributed by atoms with Crippen LogP contribution in [0.2, 0.25) is 0 Å². The summed E-state index contributed by atoms with van der Waals surface area (Å²) in [5.74, 6) is -1.35. The summed E-state index contributed by atoms with van der Waals surface area (Å²) >= 11 is 0. The molecule has 0 aliphatic heterocycles. The van der Waals surface area contributed by atoms with Crippen LogP contribution in [-0.4, -0.2) is 50.6 Å². The number of rotatable bonds is 13. The predicted molar refractivity (Wildman–Crippen MR) is 103 cm³/mol. The summed E-state index contributed by atoms with van der Waals surface area (Å²) in [7, 11) is 4.65. The Balaban J connectivity index is 2.32. The molecule has 0 N–H and O–H groups in total. The van der Waals surface area contributed by atoms with Crippen molar-refractivity contribution < 1.29 is 28.5 Å². The third-order valence-corrected chi connectivity index (χ3v) is 4.76. The molecule has 1 rings (SSSR count). The number of carbonyl (C=O) groups is 2. The normalized spacial score (nSPS) is 18.4. The van der Waals surface area contributed by atoms with Crippen LogP contribution in [0.4, 0.5) is 0 Å². The molecule has 6 nitrogen and oxygen atoms in total. The van der Waals surface area contributed by atoms with E-state index in [1.54, 1.807) is 14.0 Å². The van der Waals surface area contributed by atoms with Crippen molar-refractivity contribution in [1.82, 2.24) is 0 Å². The van der Waals surface area contributed by atoms with E-state index in [4.69, 9.17) is 18.9 Å². The zero-order valence-corrected chi connectivity index (χ0v) is 17.5. The van der Waals surface area contributed by atoms with Gasteiger partial charge in [-0.25, -0.2) is 0 Å². The van der Waals surface area contributed by atoms with E-state index >= 15 is 0 Å². The van der Waals surface area contributed by atoms with Crippen molar-refractivity contribution in [1.29, 1.82) is 0 Å². The zero-order chi connectivity index (χ0) is 20.5. The molecule has 0 fully saturated rings. The van der Waals surface area contributed by atoms with Crippen LogP contribution < -0.4 is 0 Å². The smallest absolute Gasteiger partial charge is 0.171 e. The molecule has 0 heterocycles. The molecule has 1 atom stereocenters. The van der Waals surface area contributed by atoms with E-state index in [1.807, 2.05) is 32.1 Å². The maximum absolute atomic E-state index is 12.0. The molecule has 0 saturated heterocycles. The number of hydrogen-bond acceptors (Lipinski definition) is 6. The molecule has 1 aliphatic carbocycles. The molecule has 0 aromatic rings. The average molecular weight is 382 g/mol. The van der Waals surface area contributed by atoms with Gasteiger partial charge >= 0.3 is 0 Å². The van der Waals surface area contributed by atoms with Gasteiger partial charge in [-0.05, 0) is 46.1 Å². The Bertz CT molecular complexity index is 557. The Morgan fingerprint density at radius 3 is 2.41 bits per heavy atom. The van der Waals surface area contributed by atoms with Gasteiger partial charge in [-0.15, -0.1) is 0 Å². The first kappa shape index (κ1) is 23.7. The van der Waals surface area contributed by atoms with Crippen molar-refractivity contribution in [3.8, 4) is 0 Å². The van der Waals surface area contributed by atoms with Crippen LogP contribution in [0.15, 0.2) is 23.8 Å². The number of carbonyl (C=O) groups excluding carboxylic acids is 2. The highest BCUT2D eigenvalue weighted by molar-refractivity contribution is 6.00. The zero-order valence-electron chi connectivity index (χ0n) is 17.5. The van der Waals surface area contributed by atoms with Crippen molar-refractivity contribution in [3.05, 3.63) is 23.8 Å². The second-order valence-electron chi connectivity index (χ2n) is 7.42. The van der Waals surface area contributed by atoms with Gasteiger partial charge in [-0.1, -0.05) is 12.2 Å². The lowest BCUT2D eigenvalue weighted by Gasteiger charge is -2.26. The lowest BCUT2D eigenvalue weighted by molar-refractivity contribution is -0.212. The number of unbranched alkanes of at least 4 members (excludes halogenated alkanes) is 2. The van der Waals surface area contributed by atoms with Crippen LogP contribution in [0.5, 0.6) is 0 Å². The second-order valence-corrected chi connectivity index (χ2v) is 7.42. The molecular formula is C21H34O6. The van der Waals surface area contributed by atoms with Crippen molar-refractivity contribution in [2.75, 3.05) is 21.3 Å². The van der Waals surface area contributed by atoms with Gasteiger partial charge in [0, 0.05) is 39.7 Å². The third-order valence-electron chi connectivity index (χ3n) is 4.76. The average Bonchev–Trinajstić information content (AvgIpc) is 2.96. The third kappa shape index (κ3) is 8.47. The Hall–Kier alpha value is -1.34. The number of hydrogen-bond donors (Lipinski definition) is 0.